The Bertz CT molecular complexity index is 962. The molecule has 0 radical (unpaired) electrons. The number of hydrogen-bond acceptors (Lipinski definition) is 5. The molecule has 134 valence electrons. The monoisotopic (exact) mass is 387 g/mol. The number of nitrogens with zero attached hydrogens (tertiary/aromatic N) is 2. The first kappa shape index (κ1) is 18.4. The number of pyridine rings is 1. The molecule has 7 heteroatoms. The van der Waals surface area contributed by atoms with Crippen LogP contribution in [0, 0.1) is 20.8 Å². The number of nitrogens with one attached hydrogen (secondary N) is 1. The van der Waals surface area contributed by atoms with Gasteiger partial charge in [0.1, 0.15) is 5.15 Å². The first-order valence-corrected chi connectivity index (χ1v) is 9.20. The normalized spacial score (nSPS) is 10.7. The molecular formula is C19H18ClN3O2S. The van der Waals surface area contributed by atoms with Gasteiger partial charge in [0.15, 0.2) is 5.13 Å². The highest BCUT2D eigenvalue weighted by Crippen LogP contribution is 2.31. The maximum Gasteiger partial charge on any atom is 0.257 e. The van der Waals surface area contributed by atoms with E-state index in [9.17, 15) is 4.79 Å². The lowest BCUT2D eigenvalue weighted by Gasteiger charge is -2.09. The predicted molar refractivity (Wildman–Crippen MR) is 106 cm³/mol. The number of rotatable bonds is 4. The molecule has 0 atom stereocenters. The molecule has 0 saturated heterocycles. The van der Waals surface area contributed by atoms with Gasteiger partial charge in [-0.2, -0.15) is 0 Å². The minimum absolute atomic E-state index is 0.195. The molecular weight excluding hydrogens is 370 g/mol. The number of carbonyl (C=O) groups excluding carboxylic acids is 1. The summed E-state index contributed by atoms with van der Waals surface area (Å²) in [6, 6.07) is 7.28. The second-order valence-electron chi connectivity index (χ2n) is 5.99. The fraction of sp³-hybridized carbons (Fsp3) is 0.211. The Hall–Kier alpha value is -2.44. The van der Waals surface area contributed by atoms with Gasteiger partial charge in [-0.3, -0.25) is 10.1 Å². The summed E-state index contributed by atoms with van der Waals surface area (Å²) in [5.74, 6) is -0.0285. The van der Waals surface area contributed by atoms with Crippen LogP contribution in [0.4, 0.5) is 5.13 Å². The molecule has 1 N–H and O–H groups in total. The molecule has 0 aliphatic rings. The molecule has 3 aromatic rings. The van der Waals surface area contributed by atoms with E-state index >= 15 is 0 Å². The zero-order valence-corrected chi connectivity index (χ0v) is 16.5. The number of ether oxygens (including phenoxy) is 1. The van der Waals surface area contributed by atoms with Gasteiger partial charge in [0.2, 0.25) is 5.88 Å². The molecule has 1 amide bonds. The topological polar surface area (TPSA) is 64.1 Å². The smallest absolute Gasteiger partial charge is 0.257 e. The highest BCUT2D eigenvalue weighted by Gasteiger charge is 2.14. The Labute approximate surface area is 161 Å². The lowest BCUT2D eigenvalue weighted by Crippen LogP contribution is -2.12. The summed E-state index contributed by atoms with van der Waals surface area (Å²) >= 11 is 7.30. The fourth-order valence-electron chi connectivity index (χ4n) is 2.91. The standard InChI is InChI=1S/C19H18ClN3O2S/c1-10-5-11(2)17(12(3)6-10)14-9-26-19(21-14)23-18(24)13-7-15(20)22-16(8-13)25-4/h5-9H,1-4H3,(H,21,23,24). The number of amides is 1. The summed E-state index contributed by atoms with van der Waals surface area (Å²) in [5, 5.41) is 5.47. The molecule has 1 aromatic carbocycles. The van der Waals surface area contributed by atoms with Gasteiger partial charge in [-0.15, -0.1) is 11.3 Å². The molecule has 0 fully saturated rings. The first-order valence-electron chi connectivity index (χ1n) is 7.94. The zero-order valence-electron chi connectivity index (χ0n) is 14.9. The first-order chi connectivity index (χ1) is 12.4. The Morgan fingerprint density at radius 1 is 1.12 bits per heavy atom. The number of benzene rings is 1. The molecule has 0 aliphatic heterocycles. The number of carbonyl (C=O) groups is 1. The summed E-state index contributed by atoms with van der Waals surface area (Å²) in [6.45, 7) is 6.21. The lowest BCUT2D eigenvalue weighted by atomic mass is 9.98. The van der Waals surface area contributed by atoms with Gasteiger partial charge in [0.25, 0.3) is 5.91 Å². The Morgan fingerprint density at radius 3 is 2.46 bits per heavy atom. The number of hydrogen-bond donors (Lipinski definition) is 1. The molecule has 0 aliphatic carbocycles. The number of aromatic nitrogens is 2. The van der Waals surface area contributed by atoms with E-state index in [1.807, 2.05) is 5.38 Å². The van der Waals surface area contributed by atoms with Gasteiger partial charge in [-0.05, 0) is 38.0 Å². The largest absolute Gasteiger partial charge is 0.481 e. The van der Waals surface area contributed by atoms with Gasteiger partial charge < -0.3 is 4.74 Å². The average Bonchev–Trinajstić information content (AvgIpc) is 3.01. The van der Waals surface area contributed by atoms with Crippen LogP contribution in [0.25, 0.3) is 11.3 Å². The highest BCUT2D eigenvalue weighted by atomic mass is 35.5. The molecule has 26 heavy (non-hydrogen) atoms. The molecule has 0 saturated carbocycles. The molecule has 5 nitrogen and oxygen atoms in total. The summed E-state index contributed by atoms with van der Waals surface area (Å²) in [5.41, 5.74) is 5.86. The maximum absolute atomic E-state index is 12.5. The van der Waals surface area contributed by atoms with Crippen LogP contribution in [0.1, 0.15) is 27.0 Å². The fourth-order valence-corrected chi connectivity index (χ4v) is 3.81. The third-order valence-electron chi connectivity index (χ3n) is 3.90. The minimum atomic E-state index is -0.314. The van der Waals surface area contributed by atoms with Crippen LogP contribution < -0.4 is 10.1 Å². The summed E-state index contributed by atoms with van der Waals surface area (Å²) in [4.78, 5) is 21.0. The molecule has 0 bridgehead atoms. The van der Waals surface area contributed by atoms with E-state index in [0.29, 0.717) is 10.7 Å². The Kier molecular flexibility index (Phi) is 5.25. The lowest BCUT2D eigenvalue weighted by molar-refractivity contribution is 0.102. The number of methoxy groups -OCH3 is 1. The molecule has 0 spiro atoms. The Balaban J connectivity index is 1.85. The number of thiazole rings is 1. The highest BCUT2D eigenvalue weighted by molar-refractivity contribution is 7.14. The van der Waals surface area contributed by atoms with Crippen molar-refractivity contribution in [3.05, 3.63) is 57.1 Å². The van der Waals surface area contributed by atoms with E-state index in [1.165, 1.54) is 36.1 Å². The zero-order chi connectivity index (χ0) is 18.8. The number of halogens is 1. The van der Waals surface area contributed by atoms with Crippen LogP contribution in [0.5, 0.6) is 5.88 Å². The summed E-state index contributed by atoms with van der Waals surface area (Å²) in [6.07, 6.45) is 0. The van der Waals surface area contributed by atoms with E-state index in [1.54, 1.807) is 0 Å². The van der Waals surface area contributed by atoms with Crippen molar-refractivity contribution in [3.63, 3.8) is 0 Å². The van der Waals surface area contributed by atoms with Crippen LogP contribution in [-0.4, -0.2) is 23.0 Å². The maximum atomic E-state index is 12.5. The van der Waals surface area contributed by atoms with E-state index < -0.39 is 0 Å². The van der Waals surface area contributed by atoms with Crippen molar-refractivity contribution in [2.75, 3.05) is 12.4 Å². The van der Waals surface area contributed by atoms with Crippen LogP contribution in [-0.2, 0) is 0 Å². The minimum Gasteiger partial charge on any atom is -0.481 e. The van der Waals surface area contributed by atoms with Crippen molar-refractivity contribution < 1.29 is 9.53 Å². The quantitative estimate of drug-likeness (QED) is 0.636. The van der Waals surface area contributed by atoms with E-state index in [2.05, 4.69) is 48.2 Å². The second-order valence-corrected chi connectivity index (χ2v) is 7.23. The van der Waals surface area contributed by atoms with E-state index in [-0.39, 0.29) is 16.9 Å². The van der Waals surface area contributed by atoms with Crippen LogP contribution in [0.3, 0.4) is 0 Å². The van der Waals surface area contributed by atoms with E-state index in [4.69, 9.17) is 16.3 Å². The molecule has 3 rings (SSSR count). The van der Waals surface area contributed by atoms with Crippen molar-refractivity contribution in [1.82, 2.24) is 9.97 Å². The van der Waals surface area contributed by atoms with Crippen molar-refractivity contribution >= 4 is 34.0 Å². The molecule has 2 heterocycles. The van der Waals surface area contributed by atoms with Crippen LogP contribution in [0.15, 0.2) is 29.6 Å². The summed E-state index contributed by atoms with van der Waals surface area (Å²) < 4.78 is 5.05. The van der Waals surface area contributed by atoms with Crippen molar-refractivity contribution in [2.45, 2.75) is 20.8 Å². The SMILES string of the molecule is COc1cc(C(=O)Nc2nc(-c3c(C)cc(C)cc3C)cs2)cc(Cl)n1. The van der Waals surface area contributed by atoms with Crippen molar-refractivity contribution in [1.29, 1.82) is 0 Å². The van der Waals surface area contributed by atoms with Gasteiger partial charge in [-0.1, -0.05) is 29.3 Å². The van der Waals surface area contributed by atoms with Crippen molar-refractivity contribution in [3.8, 4) is 17.1 Å². The molecule has 2 aromatic heterocycles. The average molecular weight is 388 g/mol. The van der Waals surface area contributed by atoms with Gasteiger partial charge in [0.05, 0.1) is 12.8 Å². The third-order valence-corrected chi connectivity index (χ3v) is 4.85. The Morgan fingerprint density at radius 2 is 1.81 bits per heavy atom. The second kappa shape index (κ2) is 7.43. The van der Waals surface area contributed by atoms with Crippen LogP contribution in [0.2, 0.25) is 5.15 Å². The van der Waals surface area contributed by atoms with Gasteiger partial charge >= 0.3 is 0 Å². The van der Waals surface area contributed by atoms with Crippen LogP contribution >= 0.6 is 22.9 Å². The predicted octanol–water partition coefficient (Wildman–Crippen LogP) is 5.04. The number of aryl methyl sites for hydroxylation is 3. The van der Waals surface area contributed by atoms with E-state index in [0.717, 1.165) is 22.4 Å². The van der Waals surface area contributed by atoms with Crippen molar-refractivity contribution in [2.24, 2.45) is 0 Å². The summed E-state index contributed by atoms with van der Waals surface area (Å²) in [7, 11) is 1.47. The van der Waals surface area contributed by atoms with Gasteiger partial charge in [-0.25, -0.2) is 9.97 Å². The van der Waals surface area contributed by atoms with Gasteiger partial charge in [0, 0.05) is 22.6 Å². The molecule has 0 unspecified atom stereocenters. The third kappa shape index (κ3) is 3.86. The number of anilines is 1.